The number of furan rings is 1. The topological polar surface area (TPSA) is 96.7 Å². The van der Waals surface area contributed by atoms with Gasteiger partial charge < -0.3 is 9.32 Å². The van der Waals surface area contributed by atoms with E-state index in [0.717, 1.165) is 0 Å². The molecule has 0 saturated heterocycles. The molecule has 1 aliphatic rings. The Kier molecular flexibility index (Phi) is 6.34. The van der Waals surface area contributed by atoms with E-state index in [4.69, 9.17) is 4.42 Å². The largest absolute Gasteiger partial charge is 0.468 e. The van der Waals surface area contributed by atoms with Crippen LogP contribution in [0.2, 0.25) is 0 Å². The molecule has 8 heteroatoms. The minimum atomic E-state index is -4.26. The van der Waals surface area contributed by atoms with Gasteiger partial charge >= 0.3 is 0 Å². The zero-order valence-electron chi connectivity index (χ0n) is 16.5. The number of allylic oxidation sites excluding steroid dienone is 2. The molecule has 0 radical (unpaired) electrons. The number of hydrogen-bond acceptors (Lipinski definition) is 6. The first-order valence-electron chi connectivity index (χ1n) is 9.60. The Morgan fingerprint density at radius 1 is 0.931 bits per heavy atom. The molecule has 0 atom stereocenters. The Balaban J connectivity index is 2.13. The highest BCUT2D eigenvalue weighted by Crippen LogP contribution is 2.31. The molecule has 1 aromatic heterocycles. The second kappa shape index (κ2) is 8.75. The van der Waals surface area contributed by atoms with Gasteiger partial charge in [-0.05, 0) is 25.0 Å². The number of nitrogens with zero attached hydrogens (tertiary/aromatic N) is 1. The second-order valence-electron chi connectivity index (χ2n) is 6.77. The van der Waals surface area contributed by atoms with Gasteiger partial charge in [0.25, 0.3) is 0 Å². The monoisotopic (exact) mass is 416 g/mol. The molecule has 0 spiro atoms. The van der Waals surface area contributed by atoms with Crippen LogP contribution in [0.15, 0.2) is 57.7 Å². The van der Waals surface area contributed by atoms with Crippen molar-refractivity contribution in [2.75, 3.05) is 13.1 Å². The van der Waals surface area contributed by atoms with E-state index in [2.05, 4.69) is 4.72 Å². The molecule has 1 aromatic carbocycles. The van der Waals surface area contributed by atoms with Crippen LogP contribution in [0.4, 0.5) is 0 Å². The molecule has 1 heterocycles. The summed E-state index contributed by atoms with van der Waals surface area (Å²) >= 11 is 0. The van der Waals surface area contributed by atoms with E-state index < -0.39 is 26.5 Å². The summed E-state index contributed by atoms with van der Waals surface area (Å²) in [6, 6.07) is 9.60. The maximum absolute atomic E-state index is 13.3. The average molecular weight is 416 g/mol. The molecule has 0 saturated carbocycles. The van der Waals surface area contributed by atoms with E-state index in [1.54, 1.807) is 35.2 Å². The Labute approximate surface area is 170 Å². The summed E-state index contributed by atoms with van der Waals surface area (Å²) in [6.07, 6.45) is 2.85. The van der Waals surface area contributed by atoms with Crippen molar-refractivity contribution in [2.45, 2.75) is 33.2 Å². The highest BCUT2D eigenvalue weighted by atomic mass is 32.2. The number of ketones is 2. The van der Waals surface area contributed by atoms with Crippen molar-refractivity contribution in [1.82, 2.24) is 9.62 Å². The molecule has 0 fully saturated rings. The fourth-order valence-corrected chi connectivity index (χ4v) is 4.71. The number of nitrogens with one attached hydrogen (secondary N) is 1. The van der Waals surface area contributed by atoms with Gasteiger partial charge in [0.2, 0.25) is 21.6 Å². The summed E-state index contributed by atoms with van der Waals surface area (Å²) in [6.45, 7) is 4.71. The van der Waals surface area contributed by atoms with Crippen molar-refractivity contribution >= 4 is 21.6 Å². The highest BCUT2D eigenvalue weighted by Gasteiger charge is 2.41. The van der Waals surface area contributed by atoms with Gasteiger partial charge in [-0.15, -0.1) is 0 Å². The van der Waals surface area contributed by atoms with E-state index in [9.17, 15) is 18.0 Å². The molecule has 2 aromatic rings. The maximum Gasteiger partial charge on any atom is 0.247 e. The van der Waals surface area contributed by atoms with Gasteiger partial charge in [-0.3, -0.25) is 9.59 Å². The van der Waals surface area contributed by atoms with Crippen LogP contribution in [0.3, 0.4) is 0 Å². The van der Waals surface area contributed by atoms with E-state index in [1.165, 1.54) is 12.3 Å². The molecule has 29 heavy (non-hydrogen) atoms. The lowest BCUT2D eigenvalue weighted by Crippen LogP contribution is -2.40. The second-order valence-corrected chi connectivity index (χ2v) is 8.48. The van der Waals surface area contributed by atoms with E-state index in [0.29, 0.717) is 31.7 Å². The van der Waals surface area contributed by atoms with Crippen molar-refractivity contribution < 1.29 is 22.4 Å². The van der Waals surface area contributed by atoms with Crippen molar-refractivity contribution in [1.29, 1.82) is 0 Å². The summed E-state index contributed by atoms with van der Waals surface area (Å²) in [5.41, 5.74) is 0.284. The van der Waals surface area contributed by atoms with E-state index >= 15 is 0 Å². The molecule has 3 rings (SSSR count). The molecule has 0 unspecified atom stereocenters. The summed E-state index contributed by atoms with van der Waals surface area (Å²) < 4.78 is 33.9. The van der Waals surface area contributed by atoms with Gasteiger partial charge in [-0.25, -0.2) is 13.1 Å². The number of sulfonamides is 1. The summed E-state index contributed by atoms with van der Waals surface area (Å²) in [5, 5.41) is 0. The fourth-order valence-electron chi connectivity index (χ4n) is 3.40. The Hall–Kier alpha value is -2.71. The SMILES string of the molecule is CCCN(CCC)C1=C(S(=O)(=O)NCc2ccco2)C(=O)c2ccccc2C1=O. The van der Waals surface area contributed by atoms with Crippen LogP contribution in [-0.4, -0.2) is 38.0 Å². The standard InChI is InChI=1S/C21H24N2O5S/c1-3-11-23(12-4-2)18-19(24)16-9-5-6-10-17(16)20(25)21(18)29(26,27)22-14-15-8-7-13-28-15/h5-10,13,22H,3-4,11-12,14H2,1-2H3. The Bertz CT molecular complexity index is 1030. The molecule has 1 N–H and O–H groups in total. The van der Waals surface area contributed by atoms with Gasteiger partial charge in [0.15, 0.2) is 4.91 Å². The highest BCUT2D eigenvalue weighted by molar-refractivity contribution is 7.94. The number of fused-ring (bicyclic) bond motifs is 1. The quantitative estimate of drug-likeness (QED) is 0.675. The number of carbonyl (C=O) groups excluding carboxylic acids is 2. The van der Waals surface area contributed by atoms with Crippen LogP contribution in [-0.2, 0) is 16.6 Å². The number of Topliss-reactive ketones (excluding diaryl/α,β-unsaturated/α-hetero) is 2. The van der Waals surface area contributed by atoms with Gasteiger partial charge in [-0.2, -0.15) is 0 Å². The lowest BCUT2D eigenvalue weighted by molar-refractivity contribution is 0.0946. The van der Waals surface area contributed by atoms with Crippen molar-refractivity contribution in [3.8, 4) is 0 Å². The Morgan fingerprint density at radius 3 is 2.10 bits per heavy atom. The lowest BCUT2D eigenvalue weighted by Gasteiger charge is -2.30. The summed E-state index contributed by atoms with van der Waals surface area (Å²) in [7, 11) is -4.26. The van der Waals surface area contributed by atoms with Crippen LogP contribution in [0.1, 0.15) is 53.2 Å². The normalized spacial score (nSPS) is 14.3. The average Bonchev–Trinajstić information content (AvgIpc) is 3.22. The fraction of sp³-hybridized carbons (Fsp3) is 0.333. The number of carbonyl (C=O) groups is 2. The zero-order valence-corrected chi connectivity index (χ0v) is 17.3. The molecule has 154 valence electrons. The minimum absolute atomic E-state index is 0.0515. The van der Waals surface area contributed by atoms with Crippen LogP contribution in [0, 0.1) is 0 Å². The smallest absolute Gasteiger partial charge is 0.247 e. The number of benzene rings is 1. The lowest BCUT2D eigenvalue weighted by atomic mass is 9.91. The number of rotatable bonds is 9. The predicted molar refractivity (Wildman–Crippen MR) is 109 cm³/mol. The first kappa shape index (κ1) is 21.0. The first-order chi connectivity index (χ1) is 13.9. The number of hydrogen-bond donors (Lipinski definition) is 1. The summed E-state index contributed by atoms with van der Waals surface area (Å²) in [4.78, 5) is 27.7. The van der Waals surface area contributed by atoms with Gasteiger partial charge in [0, 0.05) is 24.2 Å². The van der Waals surface area contributed by atoms with Crippen LogP contribution in [0.25, 0.3) is 0 Å². The van der Waals surface area contributed by atoms with Gasteiger partial charge in [0.05, 0.1) is 12.8 Å². The van der Waals surface area contributed by atoms with Gasteiger partial charge in [-0.1, -0.05) is 38.1 Å². The molecule has 1 aliphatic carbocycles. The molecule has 0 bridgehead atoms. The third kappa shape index (κ3) is 4.18. The minimum Gasteiger partial charge on any atom is -0.468 e. The van der Waals surface area contributed by atoms with Gasteiger partial charge in [0.1, 0.15) is 11.5 Å². The molecule has 0 amide bonds. The Morgan fingerprint density at radius 2 is 1.55 bits per heavy atom. The van der Waals surface area contributed by atoms with Crippen molar-refractivity contribution in [2.24, 2.45) is 0 Å². The first-order valence-corrected chi connectivity index (χ1v) is 11.1. The van der Waals surface area contributed by atoms with Crippen LogP contribution >= 0.6 is 0 Å². The molecular weight excluding hydrogens is 392 g/mol. The van der Waals surface area contributed by atoms with E-state index in [-0.39, 0.29) is 23.4 Å². The predicted octanol–water partition coefficient (Wildman–Crippen LogP) is 3.11. The van der Waals surface area contributed by atoms with Crippen molar-refractivity contribution in [3.63, 3.8) is 0 Å². The van der Waals surface area contributed by atoms with Crippen LogP contribution in [0.5, 0.6) is 0 Å². The van der Waals surface area contributed by atoms with Crippen molar-refractivity contribution in [3.05, 3.63) is 70.2 Å². The zero-order chi connectivity index (χ0) is 21.0. The third-order valence-electron chi connectivity index (χ3n) is 4.64. The molecular formula is C21H24N2O5S. The van der Waals surface area contributed by atoms with E-state index in [1.807, 2.05) is 13.8 Å². The maximum atomic E-state index is 13.3. The van der Waals surface area contributed by atoms with Crippen LogP contribution < -0.4 is 4.72 Å². The molecule has 7 nitrogen and oxygen atoms in total. The molecule has 0 aliphatic heterocycles. The third-order valence-corrected chi connectivity index (χ3v) is 6.08. The summed E-state index contributed by atoms with van der Waals surface area (Å²) in [5.74, 6) is -0.704.